The third-order valence-corrected chi connectivity index (χ3v) is 6.75. The van der Waals surface area contributed by atoms with Crippen molar-refractivity contribution in [1.29, 1.82) is 0 Å². The predicted octanol–water partition coefficient (Wildman–Crippen LogP) is 4.91. The first-order valence-corrected chi connectivity index (χ1v) is 11.5. The summed E-state index contributed by atoms with van der Waals surface area (Å²) >= 11 is 2.59. The standard InChI is InChI=1S/C22H26N4O2S2/c1-6-22(4,5)23-20(27)18(19-15(3)11-12-29-19)26(17-10-8-7-9-14(17)2)21(28)16-13-30-25-24-16/h7-13,18H,6H2,1-5H3,(H,23,27)/t18-/m1/s1. The van der Waals surface area contributed by atoms with E-state index in [-0.39, 0.29) is 17.5 Å². The number of nitrogens with one attached hydrogen (secondary N) is 1. The Morgan fingerprint density at radius 3 is 2.47 bits per heavy atom. The second-order valence-electron chi connectivity index (χ2n) is 7.85. The molecule has 0 unspecified atom stereocenters. The van der Waals surface area contributed by atoms with Crippen LogP contribution in [0.15, 0.2) is 41.1 Å². The first-order chi connectivity index (χ1) is 14.2. The molecule has 0 spiro atoms. The number of carbonyl (C=O) groups is 2. The zero-order valence-corrected chi connectivity index (χ0v) is 19.4. The molecule has 2 aromatic heterocycles. The van der Waals surface area contributed by atoms with E-state index >= 15 is 0 Å². The average Bonchev–Trinajstić information content (AvgIpc) is 3.38. The summed E-state index contributed by atoms with van der Waals surface area (Å²) in [6.45, 7) is 9.88. The van der Waals surface area contributed by atoms with E-state index in [1.807, 2.05) is 70.3 Å². The van der Waals surface area contributed by atoms with Gasteiger partial charge in [0.05, 0.1) is 0 Å². The van der Waals surface area contributed by atoms with Crippen LogP contribution >= 0.6 is 22.9 Å². The Labute approximate surface area is 185 Å². The number of rotatable bonds is 7. The van der Waals surface area contributed by atoms with Crippen molar-refractivity contribution >= 4 is 40.4 Å². The third-order valence-electron chi connectivity index (χ3n) is 5.18. The lowest BCUT2D eigenvalue weighted by Gasteiger charge is -2.34. The smallest absolute Gasteiger partial charge is 0.280 e. The fourth-order valence-electron chi connectivity index (χ4n) is 3.09. The largest absolute Gasteiger partial charge is 0.349 e. The third kappa shape index (κ3) is 4.60. The number of thiophene rings is 1. The van der Waals surface area contributed by atoms with Gasteiger partial charge in [0.1, 0.15) is 0 Å². The van der Waals surface area contributed by atoms with Gasteiger partial charge in [0.15, 0.2) is 11.7 Å². The zero-order chi connectivity index (χ0) is 21.9. The van der Waals surface area contributed by atoms with Crippen molar-refractivity contribution in [3.63, 3.8) is 0 Å². The van der Waals surface area contributed by atoms with Crippen LogP contribution < -0.4 is 10.2 Å². The number of anilines is 1. The van der Waals surface area contributed by atoms with Crippen molar-refractivity contribution < 1.29 is 9.59 Å². The highest BCUT2D eigenvalue weighted by Gasteiger charge is 2.38. The molecule has 3 aromatic rings. The van der Waals surface area contributed by atoms with E-state index in [4.69, 9.17) is 0 Å². The maximum absolute atomic E-state index is 13.6. The number of carbonyl (C=O) groups excluding carboxylic acids is 2. The van der Waals surface area contributed by atoms with E-state index in [1.165, 1.54) is 11.3 Å². The summed E-state index contributed by atoms with van der Waals surface area (Å²) < 4.78 is 3.85. The minimum absolute atomic E-state index is 0.216. The van der Waals surface area contributed by atoms with Crippen LogP contribution in [0.1, 0.15) is 59.7 Å². The van der Waals surface area contributed by atoms with Crippen molar-refractivity contribution in [2.75, 3.05) is 4.90 Å². The molecule has 2 heterocycles. The number of para-hydroxylation sites is 1. The summed E-state index contributed by atoms with van der Waals surface area (Å²) in [6, 6.07) is 8.73. The fourth-order valence-corrected chi connectivity index (χ4v) is 4.53. The summed E-state index contributed by atoms with van der Waals surface area (Å²) in [7, 11) is 0. The first kappa shape index (κ1) is 22.1. The number of hydrogen-bond acceptors (Lipinski definition) is 6. The van der Waals surface area contributed by atoms with Crippen LogP contribution in [0.3, 0.4) is 0 Å². The monoisotopic (exact) mass is 442 g/mol. The Kier molecular flexibility index (Phi) is 6.67. The Bertz CT molecular complexity index is 1030. The van der Waals surface area contributed by atoms with Crippen LogP contribution in [-0.4, -0.2) is 26.9 Å². The molecule has 1 aromatic carbocycles. The van der Waals surface area contributed by atoms with Crippen molar-refractivity contribution in [3.05, 3.63) is 62.8 Å². The molecule has 1 atom stereocenters. The van der Waals surface area contributed by atoms with Crippen molar-refractivity contribution in [3.8, 4) is 0 Å². The van der Waals surface area contributed by atoms with E-state index in [0.717, 1.165) is 34.0 Å². The summed E-state index contributed by atoms with van der Waals surface area (Å²) in [4.78, 5) is 29.6. The van der Waals surface area contributed by atoms with Gasteiger partial charge in [-0.1, -0.05) is 29.6 Å². The van der Waals surface area contributed by atoms with Crippen LogP contribution in [-0.2, 0) is 4.79 Å². The minimum atomic E-state index is -0.814. The summed E-state index contributed by atoms with van der Waals surface area (Å²) in [5.41, 5.74) is 2.37. The first-order valence-electron chi connectivity index (χ1n) is 9.77. The van der Waals surface area contributed by atoms with Crippen LogP contribution in [0.5, 0.6) is 0 Å². The SMILES string of the molecule is CCC(C)(C)NC(=O)[C@@H](c1sccc1C)N(C(=O)c1csnn1)c1ccccc1C. The molecular formula is C22H26N4O2S2. The van der Waals surface area contributed by atoms with E-state index in [9.17, 15) is 9.59 Å². The number of aryl methyl sites for hydroxylation is 2. The van der Waals surface area contributed by atoms with Gasteiger partial charge in [-0.15, -0.1) is 16.4 Å². The van der Waals surface area contributed by atoms with E-state index in [0.29, 0.717) is 5.69 Å². The lowest BCUT2D eigenvalue weighted by Crippen LogP contribution is -2.50. The molecule has 0 bridgehead atoms. The normalized spacial score (nSPS) is 12.4. The topological polar surface area (TPSA) is 75.2 Å². The van der Waals surface area contributed by atoms with Crippen LogP contribution in [0.2, 0.25) is 0 Å². The van der Waals surface area contributed by atoms with Crippen molar-refractivity contribution in [1.82, 2.24) is 14.9 Å². The van der Waals surface area contributed by atoms with Gasteiger partial charge in [-0.2, -0.15) is 0 Å². The number of hydrogen-bond donors (Lipinski definition) is 1. The summed E-state index contributed by atoms with van der Waals surface area (Å²) in [6.07, 6.45) is 0.767. The molecule has 30 heavy (non-hydrogen) atoms. The predicted molar refractivity (Wildman–Crippen MR) is 122 cm³/mol. The molecule has 8 heteroatoms. The Morgan fingerprint density at radius 1 is 1.17 bits per heavy atom. The van der Waals surface area contributed by atoms with Gasteiger partial charge in [-0.3, -0.25) is 14.5 Å². The molecule has 2 amide bonds. The van der Waals surface area contributed by atoms with E-state index in [1.54, 1.807) is 10.3 Å². The van der Waals surface area contributed by atoms with E-state index in [2.05, 4.69) is 14.9 Å². The van der Waals surface area contributed by atoms with Crippen LogP contribution in [0, 0.1) is 13.8 Å². The molecule has 0 saturated heterocycles. The van der Waals surface area contributed by atoms with Gasteiger partial charge in [-0.05, 0) is 74.3 Å². The van der Waals surface area contributed by atoms with Crippen LogP contribution in [0.4, 0.5) is 5.69 Å². The lowest BCUT2D eigenvalue weighted by atomic mass is 9.99. The van der Waals surface area contributed by atoms with Gasteiger partial charge in [0.25, 0.3) is 5.91 Å². The van der Waals surface area contributed by atoms with Crippen molar-refractivity contribution in [2.24, 2.45) is 0 Å². The second-order valence-corrected chi connectivity index (χ2v) is 9.41. The van der Waals surface area contributed by atoms with E-state index < -0.39 is 11.6 Å². The summed E-state index contributed by atoms with van der Waals surface area (Å²) in [5, 5.41) is 10.7. The molecule has 0 aliphatic heterocycles. The Morgan fingerprint density at radius 2 is 1.90 bits per heavy atom. The number of aromatic nitrogens is 2. The lowest BCUT2D eigenvalue weighted by molar-refractivity contribution is -0.124. The molecule has 0 fully saturated rings. The van der Waals surface area contributed by atoms with Gasteiger partial charge in [0.2, 0.25) is 5.91 Å². The molecule has 158 valence electrons. The molecule has 0 aliphatic carbocycles. The molecule has 0 radical (unpaired) electrons. The Balaban J connectivity index is 2.18. The highest BCUT2D eigenvalue weighted by Crippen LogP contribution is 2.36. The minimum Gasteiger partial charge on any atom is -0.349 e. The quantitative estimate of drug-likeness (QED) is 0.564. The molecule has 3 rings (SSSR count). The molecular weight excluding hydrogens is 416 g/mol. The molecule has 1 N–H and O–H groups in total. The molecule has 6 nitrogen and oxygen atoms in total. The maximum atomic E-state index is 13.6. The highest BCUT2D eigenvalue weighted by molar-refractivity contribution is 7.10. The number of amides is 2. The molecule has 0 aliphatic rings. The van der Waals surface area contributed by atoms with Gasteiger partial charge < -0.3 is 5.32 Å². The number of nitrogens with zero attached hydrogens (tertiary/aromatic N) is 3. The number of benzene rings is 1. The van der Waals surface area contributed by atoms with Gasteiger partial charge >= 0.3 is 0 Å². The molecule has 0 saturated carbocycles. The maximum Gasteiger partial charge on any atom is 0.280 e. The van der Waals surface area contributed by atoms with Gasteiger partial charge in [0, 0.05) is 21.5 Å². The van der Waals surface area contributed by atoms with Crippen LogP contribution in [0.25, 0.3) is 0 Å². The van der Waals surface area contributed by atoms with Crippen molar-refractivity contribution in [2.45, 2.75) is 52.6 Å². The zero-order valence-electron chi connectivity index (χ0n) is 17.8. The highest BCUT2D eigenvalue weighted by atomic mass is 32.1. The second kappa shape index (κ2) is 9.06. The van der Waals surface area contributed by atoms with Gasteiger partial charge in [-0.25, -0.2) is 0 Å². The average molecular weight is 443 g/mol. The summed E-state index contributed by atoms with van der Waals surface area (Å²) in [5.74, 6) is -0.563. The fraction of sp³-hybridized carbons (Fsp3) is 0.364. The Hall–Kier alpha value is -2.58.